The Morgan fingerprint density at radius 2 is 1.95 bits per heavy atom. The molecule has 0 atom stereocenters. The van der Waals surface area contributed by atoms with Gasteiger partial charge in [-0.15, -0.1) is 0 Å². The number of anilines is 2. The van der Waals surface area contributed by atoms with Gasteiger partial charge < -0.3 is 20.9 Å². The Labute approximate surface area is 119 Å². The Kier molecular flexibility index (Phi) is 4.70. The fourth-order valence-electron chi connectivity index (χ4n) is 2.70. The number of nitrogen functional groups attached to an aromatic ring is 1. The Balaban J connectivity index is 2.06. The summed E-state index contributed by atoms with van der Waals surface area (Å²) in [5.74, 6) is -0.335. The van der Waals surface area contributed by atoms with Gasteiger partial charge >= 0.3 is 0 Å². The summed E-state index contributed by atoms with van der Waals surface area (Å²) in [4.78, 5) is 0. The normalized spacial score (nSPS) is 18.4. The van der Waals surface area contributed by atoms with Crippen LogP contribution in [0.3, 0.4) is 0 Å². The molecule has 0 saturated heterocycles. The molecule has 0 spiro atoms. The van der Waals surface area contributed by atoms with E-state index in [2.05, 4.69) is 5.32 Å². The van der Waals surface area contributed by atoms with E-state index in [0.717, 1.165) is 25.7 Å². The molecule has 0 heterocycles. The zero-order valence-corrected chi connectivity index (χ0v) is 11.9. The highest BCUT2D eigenvalue weighted by Gasteiger charge is 2.27. The van der Waals surface area contributed by atoms with Crippen LogP contribution in [0.2, 0.25) is 0 Å². The molecule has 1 aromatic rings. The van der Waals surface area contributed by atoms with Crippen LogP contribution in [0.5, 0.6) is 5.75 Å². The van der Waals surface area contributed by atoms with Gasteiger partial charge in [0.15, 0.2) is 11.6 Å². The van der Waals surface area contributed by atoms with Crippen LogP contribution >= 0.6 is 0 Å². The van der Waals surface area contributed by atoms with Gasteiger partial charge in [0.25, 0.3) is 0 Å². The van der Waals surface area contributed by atoms with E-state index in [0.29, 0.717) is 17.9 Å². The molecule has 112 valence electrons. The van der Waals surface area contributed by atoms with Crippen LogP contribution in [0.1, 0.15) is 38.5 Å². The maximum Gasteiger partial charge on any atom is 0.167 e. The standard InChI is InChI=1S/C15H23FN2O2/c1-20-14-9-13(12(17)8-11(14)16)18-10-15(19)6-4-2-3-5-7-15/h8-9,18-19H,2-7,10,17H2,1H3. The molecule has 1 fully saturated rings. The van der Waals surface area contributed by atoms with Crippen LogP contribution in [-0.4, -0.2) is 24.4 Å². The van der Waals surface area contributed by atoms with Crippen molar-refractivity contribution < 1.29 is 14.2 Å². The van der Waals surface area contributed by atoms with Crippen molar-refractivity contribution in [2.24, 2.45) is 0 Å². The van der Waals surface area contributed by atoms with E-state index in [1.54, 1.807) is 0 Å². The van der Waals surface area contributed by atoms with E-state index < -0.39 is 11.4 Å². The molecule has 4 nitrogen and oxygen atoms in total. The van der Waals surface area contributed by atoms with Gasteiger partial charge in [-0.2, -0.15) is 0 Å². The van der Waals surface area contributed by atoms with Gasteiger partial charge in [0.1, 0.15) is 0 Å². The van der Waals surface area contributed by atoms with Gasteiger partial charge in [-0.25, -0.2) is 4.39 Å². The molecule has 0 aliphatic heterocycles. The smallest absolute Gasteiger partial charge is 0.167 e. The van der Waals surface area contributed by atoms with E-state index in [4.69, 9.17) is 10.5 Å². The molecule has 0 radical (unpaired) electrons. The highest BCUT2D eigenvalue weighted by Crippen LogP contribution is 2.31. The average Bonchev–Trinajstić information content (AvgIpc) is 2.63. The number of ether oxygens (including phenoxy) is 1. The van der Waals surface area contributed by atoms with Crippen LogP contribution in [0, 0.1) is 5.82 Å². The van der Waals surface area contributed by atoms with E-state index >= 15 is 0 Å². The van der Waals surface area contributed by atoms with Gasteiger partial charge in [0.2, 0.25) is 0 Å². The first-order chi connectivity index (χ1) is 9.54. The number of hydrogen-bond donors (Lipinski definition) is 3. The van der Waals surface area contributed by atoms with Gasteiger partial charge in [0.05, 0.1) is 24.1 Å². The van der Waals surface area contributed by atoms with Gasteiger partial charge in [-0.3, -0.25) is 0 Å². The predicted octanol–water partition coefficient (Wildman–Crippen LogP) is 2.91. The molecule has 2 rings (SSSR count). The Hall–Kier alpha value is -1.49. The fourth-order valence-corrected chi connectivity index (χ4v) is 2.70. The minimum atomic E-state index is -0.704. The lowest BCUT2D eigenvalue weighted by Crippen LogP contribution is -2.36. The second-order valence-corrected chi connectivity index (χ2v) is 5.57. The van der Waals surface area contributed by atoms with Gasteiger partial charge in [-0.1, -0.05) is 25.7 Å². The van der Waals surface area contributed by atoms with Crippen LogP contribution in [0.4, 0.5) is 15.8 Å². The fraction of sp³-hybridized carbons (Fsp3) is 0.600. The van der Waals surface area contributed by atoms with Crippen molar-refractivity contribution in [1.82, 2.24) is 0 Å². The molecular formula is C15H23FN2O2. The van der Waals surface area contributed by atoms with Crippen molar-refractivity contribution in [2.75, 3.05) is 24.7 Å². The molecule has 20 heavy (non-hydrogen) atoms. The van der Waals surface area contributed by atoms with E-state index in [1.807, 2.05) is 0 Å². The molecule has 1 aliphatic carbocycles. The second kappa shape index (κ2) is 6.31. The zero-order valence-electron chi connectivity index (χ0n) is 11.9. The summed E-state index contributed by atoms with van der Waals surface area (Å²) in [7, 11) is 1.41. The largest absolute Gasteiger partial charge is 0.494 e. The molecule has 0 unspecified atom stereocenters. The van der Waals surface area contributed by atoms with Crippen molar-refractivity contribution in [3.8, 4) is 5.75 Å². The molecule has 0 aromatic heterocycles. The number of aliphatic hydroxyl groups is 1. The molecule has 5 heteroatoms. The predicted molar refractivity (Wildman–Crippen MR) is 78.5 cm³/mol. The monoisotopic (exact) mass is 282 g/mol. The molecule has 1 aromatic carbocycles. The van der Waals surface area contributed by atoms with Gasteiger partial charge in [0, 0.05) is 18.7 Å². The van der Waals surface area contributed by atoms with Crippen LogP contribution < -0.4 is 15.8 Å². The number of halogens is 1. The average molecular weight is 282 g/mol. The van der Waals surface area contributed by atoms with E-state index in [9.17, 15) is 9.50 Å². The summed E-state index contributed by atoms with van der Waals surface area (Å²) < 4.78 is 18.4. The summed E-state index contributed by atoms with van der Waals surface area (Å²) >= 11 is 0. The molecule has 4 N–H and O–H groups in total. The van der Waals surface area contributed by atoms with Crippen LogP contribution in [-0.2, 0) is 0 Å². The Morgan fingerprint density at radius 3 is 2.55 bits per heavy atom. The lowest BCUT2D eigenvalue weighted by molar-refractivity contribution is 0.0381. The zero-order chi connectivity index (χ0) is 14.6. The molecule has 1 saturated carbocycles. The Bertz CT molecular complexity index is 457. The molecule has 0 bridgehead atoms. The summed E-state index contributed by atoms with van der Waals surface area (Å²) in [6.45, 7) is 0.423. The highest BCUT2D eigenvalue weighted by molar-refractivity contribution is 5.68. The van der Waals surface area contributed by atoms with Crippen LogP contribution in [0.15, 0.2) is 12.1 Å². The lowest BCUT2D eigenvalue weighted by Gasteiger charge is -2.27. The first kappa shape index (κ1) is 14.9. The SMILES string of the molecule is COc1cc(NCC2(O)CCCCCC2)c(N)cc1F. The number of nitrogens with one attached hydrogen (secondary N) is 1. The van der Waals surface area contributed by atoms with Crippen molar-refractivity contribution >= 4 is 11.4 Å². The van der Waals surface area contributed by atoms with E-state index in [1.165, 1.54) is 32.1 Å². The second-order valence-electron chi connectivity index (χ2n) is 5.57. The third-order valence-corrected chi connectivity index (χ3v) is 3.97. The minimum Gasteiger partial charge on any atom is -0.494 e. The first-order valence-electron chi connectivity index (χ1n) is 7.13. The third kappa shape index (κ3) is 3.54. The quantitative estimate of drug-likeness (QED) is 0.587. The number of benzene rings is 1. The molecular weight excluding hydrogens is 259 g/mol. The molecule has 1 aliphatic rings. The van der Waals surface area contributed by atoms with Gasteiger partial charge in [-0.05, 0) is 12.8 Å². The summed E-state index contributed by atoms with van der Waals surface area (Å²) in [5, 5.41) is 13.7. The number of rotatable bonds is 4. The topological polar surface area (TPSA) is 67.5 Å². The molecule has 0 amide bonds. The maximum absolute atomic E-state index is 13.5. The van der Waals surface area contributed by atoms with Crippen molar-refractivity contribution in [2.45, 2.75) is 44.1 Å². The highest BCUT2D eigenvalue weighted by atomic mass is 19.1. The lowest BCUT2D eigenvalue weighted by atomic mass is 9.94. The number of hydrogen-bond acceptors (Lipinski definition) is 4. The summed E-state index contributed by atoms with van der Waals surface area (Å²) in [6, 6.07) is 2.77. The Morgan fingerprint density at radius 1 is 1.30 bits per heavy atom. The maximum atomic E-state index is 13.5. The minimum absolute atomic E-state index is 0.148. The number of nitrogens with two attached hydrogens (primary N) is 1. The summed E-state index contributed by atoms with van der Waals surface area (Å²) in [6.07, 6.45) is 6.01. The van der Waals surface area contributed by atoms with Crippen LogP contribution in [0.25, 0.3) is 0 Å². The van der Waals surface area contributed by atoms with Crippen molar-refractivity contribution in [3.05, 3.63) is 17.9 Å². The van der Waals surface area contributed by atoms with E-state index in [-0.39, 0.29) is 5.75 Å². The van der Waals surface area contributed by atoms with Crippen molar-refractivity contribution in [3.63, 3.8) is 0 Å². The third-order valence-electron chi connectivity index (χ3n) is 3.97. The number of methoxy groups -OCH3 is 1. The first-order valence-corrected chi connectivity index (χ1v) is 7.13. The van der Waals surface area contributed by atoms with Crippen molar-refractivity contribution in [1.29, 1.82) is 0 Å². The summed E-state index contributed by atoms with van der Waals surface area (Å²) in [5.41, 5.74) is 6.01.